The lowest BCUT2D eigenvalue weighted by Gasteiger charge is -2.31. The molecule has 1 aromatic carbocycles. The van der Waals surface area contributed by atoms with Crippen LogP contribution in [0.5, 0.6) is 0 Å². The van der Waals surface area contributed by atoms with Gasteiger partial charge in [-0.05, 0) is 31.3 Å². The number of sulfonamides is 1. The van der Waals surface area contributed by atoms with Gasteiger partial charge in [-0.2, -0.15) is 14.6 Å². The monoisotopic (exact) mass is 403 g/mol. The summed E-state index contributed by atoms with van der Waals surface area (Å²) in [4.78, 5) is 8.78. The third kappa shape index (κ3) is 3.90. The number of hydrogen-bond donors (Lipinski definition) is 0. The Bertz CT molecular complexity index is 950. The highest BCUT2D eigenvalue weighted by Gasteiger charge is 2.25. The first-order valence-electron chi connectivity index (χ1n) is 9.35. The van der Waals surface area contributed by atoms with Crippen LogP contribution in [0, 0.1) is 11.3 Å². The molecule has 2 heterocycles. The molecule has 0 aliphatic carbocycles. The summed E-state index contributed by atoms with van der Waals surface area (Å²) in [6.07, 6.45) is 0. The Morgan fingerprint density at radius 3 is 2.29 bits per heavy atom. The summed E-state index contributed by atoms with van der Waals surface area (Å²) in [6.45, 7) is 7.76. The average molecular weight is 404 g/mol. The number of aromatic nitrogens is 1. The minimum atomic E-state index is -3.51. The van der Waals surface area contributed by atoms with Crippen LogP contribution in [-0.2, 0) is 10.0 Å². The van der Waals surface area contributed by atoms with Crippen LogP contribution in [0.3, 0.4) is 0 Å². The highest BCUT2D eigenvalue weighted by Crippen LogP contribution is 2.29. The van der Waals surface area contributed by atoms with Crippen molar-refractivity contribution in [1.82, 2.24) is 14.2 Å². The highest BCUT2D eigenvalue weighted by atomic mass is 32.2. The molecule has 150 valence electrons. The molecule has 0 radical (unpaired) electrons. The molecule has 0 N–H and O–H groups in total. The Balaban J connectivity index is 1.88. The summed E-state index contributed by atoms with van der Waals surface area (Å²) in [6, 6.07) is 8.53. The van der Waals surface area contributed by atoms with E-state index in [-0.39, 0.29) is 10.6 Å². The van der Waals surface area contributed by atoms with Crippen LogP contribution in [0.1, 0.15) is 19.5 Å². The second-order valence-corrected chi connectivity index (χ2v) is 8.63. The van der Waals surface area contributed by atoms with Gasteiger partial charge in [0, 0.05) is 44.8 Å². The molecule has 1 aliphatic rings. The molecule has 1 saturated heterocycles. The second-order valence-electron chi connectivity index (χ2n) is 6.69. The number of hydrogen-bond acceptors (Lipinski definition) is 7. The van der Waals surface area contributed by atoms with Crippen LogP contribution >= 0.6 is 0 Å². The van der Waals surface area contributed by atoms with Gasteiger partial charge in [0.2, 0.25) is 27.5 Å². The van der Waals surface area contributed by atoms with Crippen molar-refractivity contribution in [1.29, 1.82) is 5.26 Å². The predicted octanol–water partition coefficient (Wildman–Crippen LogP) is 2.00. The normalized spacial score (nSPS) is 15.8. The van der Waals surface area contributed by atoms with Crippen molar-refractivity contribution in [2.24, 2.45) is 0 Å². The smallest absolute Gasteiger partial charge is 0.243 e. The SMILES string of the molecule is CCN(CC)S(=O)(=O)c1ccc(-c2nc(C#N)c(N3CCN(C)CC3)o2)cc1. The molecule has 9 heteroatoms. The molecular weight excluding hydrogens is 378 g/mol. The van der Waals surface area contributed by atoms with Gasteiger partial charge >= 0.3 is 0 Å². The van der Waals surface area contributed by atoms with Crippen molar-refractivity contribution in [2.45, 2.75) is 18.7 Å². The van der Waals surface area contributed by atoms with Crippen molar-refractivity contribution < 1.29 is 12.8 Å². The van der Waals surface area contributed by atoms with E-state index in [9.17, 15) is 13.7 Å². The molecule has 8 nitrogen and oxygen atoms in total. The topological polar surface area (TPSA) is 93.7 Å². The summed E-state index contributed by atoms with van der Waals surface area (Å²) in [5.74, 6) is 0.794. The average Bonchev–Trinajstić information content (AvgIpc) is 3.14. The fraction of sp³-hybridized carbons (Fsp3) is 0.474. The zero-order valence-electron chi connectivity index (χ0n) is 16.4. The molecule has 0 unspecified atom stereocenters. The molecule has 0 saturated carbocycles. The molecule has 0 amide bonds. The van der Waals surface area contributed by atoms with Crippen molar-refractivity contribution in [3.8, 4) is 17.5 Å². The van der Waals surface area contributed by atoms with Gasteiger partial charge in [0.25, 0.3) is 0 Å². The van der Waals surface area contributed by atoms with E-state index in [2.05, 4.69) is 23.0 Å². The number of piperazine rings is 1. The van der Waals surface area contributed by atoms with Gasteiger partial charge in [0.05, 0.1) is 4.90 Å². The quantitative estimate of drug-likeness (QED) is 0.728. The van der Waals surface area contributed by atoms with Crippen LogP contribution in [0.15, 0.2) is 33.6 Å². The maximum Gasteiger partial charge on any atom is 0.243 e. The van der Waals surface area contributed by atoms with E-state index in [1.807, 2.05) is 18.7 Å². The lowest BCUT2D eigenvalue weighted by Crippen LogP contribution is -2.44. The second kappa shape index (κ2) is 8.31. The molecule has 0 atom stereocenters. The molecule has 0 spiro atoms. The number of nitrogens with zero attached hydrogens (tertiary/aromatic N) is 5. The lowest BCUT2D eigenvalue weighted by atomic mass is 10.2. The van der Waals surface area contributed by atoms with Gasteiger partial charge in [0.1, 0.15) is 6.07 Å². The summed E-state index contributed by atoms with van der Waals surface area (Å²) in [5.41, 5.74) is 0.884. The first-order valence-corrected chi connectivity index (χ1v) is 10.8. The maximum absolute atomic E-state index is 12.6. The Morgan fingerprint density at radius 1 is 1.14 bits per heavy atom. The van der Waals surface area contributed by atoms with Gasteiger partial charge in [0.15, 0.2) is 0 Å². The third-order valence-electron chi connectivity index (χ3n) is 4.95. The highest BCUT2D eigenvalue weighted by molar-refractivity contribution is 7.89. The summed E-state index contributed by atoms with van der Waals surface area (Å²) < 4.78 is 32.5. The molecule has 1 fully saturated rings. The van der Waals surface area contributed by atoms with E-state index < -0.39 is 10.0 Å². The van der Waals surface area contributed by atoms with Crippen molar-refractivity contribution in [3.63, 3.8) is 0 Å². The zero-order chi connectivity index (χ0) is 20.3. The van der Waals surface area contributed by atoms with E-state index in [4.69, 9.17) is 4.42 Å². The van der Waals surface area contributed by atoms with Gasteiger partial charge in [-0.25, -0.2) is 8.42 Å². The zero-order valence-corrected chi connectivity index (χ0v) is 17.2. The predicted molar refractivity (Wildman–Crippen MR) is 106 cm³/mol. The van der Waals surface area contributed by atoms with Gasteiger partial charge in [-0.3, -0.25) is 0 Å². The number of likely N-dealkylation sites (N-methyl/N-ethyl adjacent to an activating group) is 1. The van der Waals surface area contributed by atoms with Crippen LogP contribution in [-0.4, -0.2) is 68.9 Å². The third-order valence-corrected chi connectivity index (χ3v) is 7.01. The fourth-order valence-corrected chi connectivity index (χ4v) is 4.67. The minimum Gasteiger partial charge on any atom is -0.419 e. The first-order chi connectivity index (χ1) is 13.4. The Labute approximate surface area is 166 Å². The molecular formula is C19H25N5O3S. The van der Waals surface area contributed by atoms with Crippen LogP contribution in [0.2, 0.25) is 0 Å². The largest absolute Gasteiger partial charge is 0.419 e. The number of benzene rings is 1. The number of anilines is 1. The van der Waals surface area contributed by atoms with Crippen LogP contribution < -0.4 is 4.90 Å². The van der Waals surface area contributed by atoms with Crippen LogP contribution in [0.4, 0.5) is 5.88 Å². The van der Waals surface area contributed by atoms with Gasteiger partial charge in [-0.15, -0.1) is 0 Å². The van der Waals surface area contributed by atoms with Crippen molar-refractivity contribution >= 4 is 15.9 Å². The summed E-state index contributed by atoms with van der Waals surface area (Å²) >= 11 is 0. The fourth-order valence-electron chi connectivity index (χ4n) is 3.21. The van der Waals surface area contributed by atoms with E-state index in [1.165, 1.54) is 4.31 Å². The summed E-state index contributed by atoms with van der Waals surface area (Å²) in [7, 11) is -1.46. The molecule has 1 aliphatic heterocycles. The standard InChI is InChI=1S/C19H25N5O3S/c1-4-24(5-2)28(25,26)16-8-6-15(7-9-16)18-21-17(14-20)19(27-18)23-12-10-22(3)11-13-23/h6-9H,4-5,10-13H2,1-3H3. The van der Waals surface area contributed by atoms with E-state index >= 15 is 0 Å². The maximum atomic E-state index is 12.6. The molecule has 2 aromatic rings. The van der Waals surface area contributed by atoms with Gasteiger partial charge < -0.3 is 14.2 Å². The Kier molecular flexibility index (Phi) is 6.03. The van der Waals surface area contributed by atoms with Crippen molar-refractivity contribution in [2.75, 3.05) is 51.2 Å². The molecule has 0 bridgehead atoms. The van der Waals surface area contributed by atoms with E-state index in [1.54, 1.807) is 24.3 Å². The Hall–Kier alpha value is -2.41. The van der Waals surface area contributed by atoms with E-state index in [0.717, 1.165) is 26.2 Å². The minimum absolute atomic E-state index is 0.228. The Morgan fingerprint density at radius 2 is 1.75 bits per heavy atom. The van der Waals surface area contributed by atoms with Crippen molar-refractivity contribution in [3.05, 3.63) is 30.0 Å². The molecule has 1 aromatic heterocycles. The summed E-state index contributed by atoms with van der Waals surface area (Å²) in [5, 5.41) is 9.43. The molecule has 3 rings (SSSR count). The molecule has 28 heavy (non-hydrogen) atoms. The number of oxazole rings is 1. The van der Waals surface area contributed by atoms with Gasteiger partial charge in [-0.1, -0.05) is 13.8 Å². The van der Waals surface area contributed by atoms with Crippen LogP contribution in [0.25, 0.3) is 11.5 Å². The van der Waals surface area contributed by atoms with E-state index in [0.29, 0.717) is 30.4 Å². The number of rotatable bonds is 6. The number of nitriles is 1. The first kappa shape index (κ1) is 20.3. The lowest BCUT2D eigenvalue weighted by molar-refractivity contribution is 0.306.